The summed E-state index contributed by atoms with van der Waals surface area (Å²) < 4.78 is 12.9. The fraction of sp³-hybridized carbons (Fsp3) is 0.0667. The van der Waals surface area contributed by atoms with E-state index in [9.17, 15) is 14.0 Å². The average molecular weight is 292 g/mol. The predicted octanol–water partition coefficient (Wildman–Crippen LogP) is 3.93. The molecular formula is C15H11ClFNO2. The van der Waals surface area contributed by atoms with E-state index in [0.717, 1.165) is 6.07 Å². The number of hydrogen-bond donors (Lipinski definition) is 1. The lowest BCUT2D eigenvalue weighted by atomic mass is 10.1. The van der Waals surface area contributed by atoms with Crippen LogP contribution in [-0.4, -0.2) is 11.7 Å². The summed E-state index contributed by atoms with van der Waals surface area (Å²) in [6.07, 6.45) is 0. The van der Waals surface area contributed by atoms with Crippen molar-refractivity contribution in [2.24, 2.45) is 0 Å². The van der Waals surface area contributed by atoms with Crippen molar-refractivity contribution in [2.45, 2.75) is 6.92 Å². The largest absolute Gasteiger partial charge is 0.322 e. The molecule has 2 aromatic rings. The van der Waals surface area contributed by atoms with Crippen LogP contribution in [0.25, 0.3) is 0 Å². The van der Waals surface area contributed by atoms with Crippen molar-refractivity contribution in [2.75, 3.05) is 5.32 Å². The maximum atomic E-state index is 12.9. The maximum Gasteiger partial charge on any atom is 0.257 e. The second-order valence-corrected chi connectivity index (χ2v) is 4.62. The number of carbonyl (C=O) groups excluding carboxylic acids is 2. The van der Waals surface area contributed by atoms with Crippen molar-refractivity contribution in [1.29, 1.82) is 0 Å². The second kappa shape index (κ2) is 5.84. The van der Waals surface area contributed by atoms with E-state index >= 15 is 0 Å². The van der Waals surface area contributed by atoms with Crippen LogP contribution in [0, 0.1) is 5.82 Å². The molecule has 0 bridgehead atoms. The molecule has 2 rings (SSSR count). The number of nitrogens with one attached hydrogen (secondary N) is 1. The highest BCUT2D eigenvalue weighted by atomic mass is 35.5. The van der Waals surface area contributed by atoms with Gasteiger partial charge in [0.1, 0.15) is 5.82 Å². The maximum absolute atomic E-state index is 12.9. The summed E-state index contributed by atoms with van der Waals surface area (Å²) in [4.78, 5) is 23.1. The number of amides is 1. The van der Waals surface area contributed by atoms with Crippen LogP contribution in [0.5, 0.6) is 0 Å². The molecule has 0 aromatic heterocycles. The van der Waals surface area contributed by atoms with Crippen LogP contribution in [0.3, 0.4) is 0 Å². The van der Waals surface area contributed by atoms with E-state index in [1.807, 2.05) is 0 Å². The first-order valence-electron chi connectivity index (χ1n) is 5.85. The number of ketones is 1. The molecule has 0 spiro atoms. The Bertz CT molecular complexity index is 668. The molecule has 1 amide bonds. The third-order valence-electron chi connectivity index (χ3n) is 2.73. The number of Topliss-reactive ketones (excluding diaryl/α,β-unsaturated/α-hetero) is 1. The van der Waals surface area contributed by atoms with Gasteiger partial charge in [0.25, 0.3) is 5.91 Å². The minimum Gasteiger partial charge on any atom is -0.322 e. The summed E-state index contributed by atoms with van der Waals surface area (Å²) in [7, 11) is 0. The van der Waals surface area contributed by atoms with Crippen LogP contribution < -0.4 is 5.32 Å². The number of halogens is 2. The van der Waals surface area contributed by atoms with Crippen molar-refractivity contribution in [3.63, 3.8) is 0 Å². The minimum atomic E-state index is -0.502. The number of carbonyl (C=O) groups is 2. The van der Waals surface area contributed by atoms with Crippen LogP contribution >= 0.6 is 11.6 Å². The zero-order chi connectivity index (χ0) is 14.7. The summed E-state index contributed by atoms with van der Waals surface area (Å²) in [5.41, 5.74) is 1.27. The van der Waals surface area contributed by atoms with Gasteiger partial charge in [0.2, 0.25) is 0 Å². The quantitative estimate of drug-likeness (QED) is 0.871. The Balaban J connectivity index is 2.17. The molecule has 0 fully saturated rings. The molecule has 5 heteroatoms. The monoisotopic (exact) mass is 291 g/mol. The molecule has 0 aliphatic heterocycles. The van der Waals surface area contributed by atoms with Gasteiger partial charge < -0.3 is 5.32 Å². The summed E-state index contributed by atoms with van der Waals surface area (Å²) >= 11 is 5.81. The smallest absolute Gasteiger partial charge is 0.257 e. The zero-order valence-corrected chi connectivity index (χ0v) is 11.4. The van der Waals surface area contributed by atoms with E-state index in [1.165, 1.54) is 19.1 Å². The molecule has 102 valence electrons. The molecule has 0 saturated carbocycles. The molecule has 0 aliphatic rings. The summed E-state index contributed by atoms with van der Waals surface area (Å²) in [5, 5.41) is 2.67. The van der Waals surface area contributed by atoms with Gasteiger partial charge >= 0.3 is 0 Å². The normalized spacial score (nSPS) is 10.2. The van der Waals surface area contributed by atoms with Gasteiger partial charge in [-0.3, -0.25) is 9.59 Å². The van der Waals surface area contributed by atoms with Crippen LogP contribution in [0.2, 0.25) is 5.02 Å². The average Bonchev–Trinajstić information content (AvgIpc) is 2.39. The number of hydrogen-bond acceptors (Lipinski definition) is 2. The Labute approximate surface area is 120 Å². The minimum absolute atomic E-state index is 0.0443. The zero-order valence-electron chi connectivity index (χ0n) is 10.6. The highest BCUT2D eigenvalue weighted by molar-refractivity contribution is 6.34. The molecule has 0 radical (unpaired) electrons. The number of anilines is 1. The first kappa shape index (κ1) is 14.2. The summed E-state index contributed by atoms with van der Waals surface area (Å²) in [5.74, 6) is -0.993. The van der Waals surface area contributed by atoms with Crippen molar-refractivity contribution in [3.8, 4) is 0 Å². The van der Waals surface area contributed by atoms with Gasteiger partial charge in [-0.05, 0) is 49.4 Å². The molecule has 0 saturated heterocycles. The van der Waals surface area contributed by atoms with Crippen LogP contribution in [0.1, 0.15) is 27.6 Å². The molecule has 1 N–H and O–H groups in total. The van der Waals surface area contributed by atoms with Gasteiger partial charge in [0, 0.05) is 11.3 Å². The molecular weight excluding hydrogens is 281 g/mol. The first-order valence-corrected chi connectivity index (χ1v) is 6.22. The van der Waals surface area contributed by atoms with Gasteiger partial charge in [-0.15, -0.1) is 0 Å². The van der Waals surface area contributed by atoms with E-state index in [2.05, 4.69) is 5.32 Å². The Kier molecular flexibility index (Phi) is 4.15. The van der Waals surface area contributed by atoms with Crippen LogP contribution in [0.4, 0.5) is 10.1 Å². The number of rotatable bonds is 3. The van der Waals surface area contributed by atoms with E-state index in [4.69, 9.17) is 11.6 Å². The SMILES string of the molecule is CC(=O)c1ccc(NC(=O)c2ccc(F)cc2Cl)cc1. The molecule has 0 aliphatic carbocycles. The lowest BCUT2D eigenvalue weighted by Crippen LogP contribution is -2.12. The van der Waals surface area contributed by atoms with E-state index in [0.29, 0.717) is 11.3 Å². The fourth-order valence-electron chi connectivity index (χ4n) is 1.66. The van der Waals surface area contributed by atoms with Crippen molar-refractivity contribution < 1.29 is 14.0 Å². The van der Waals surface area contributed by atoms with Crippen molar-refractivity contribution >= 4 is 29.0 Å². The number of benzene rings is 2. The molecule has 0 atom stereocenters. The van der Waals surface area contributed by atoms with Gasteiger partial charge in [-0.1, -0.05) is 11.6 Å². The van der Waals surface area contributed by atoms with Gasteiger partial charge in [-0.25, -0.2) is 4.39 Å². The third-order valence-corrected chi connectivity index (χ3v) is 3.04. The Hall–Kier alpha value is -2.20. The van der Waals surface area contributed by atoms with Crippen molar-refractivity contribution in [3.05, 3.63) is 64.4 Å². The summed E-state index contributed by atoms with van der Waals surface area (Å²) in [6, 6.07) is 10.0. The fourth-order valence-corrected chi connectivity index (χ4v) is 1.91. The third kappa shape index (κ3) is 3.22. The van der Waals surface area contributed by atoms with Gasteiger partial charge in [-0.2, -0.15) is 0 Å². The van der Waals surface area contributed by atoms with Crippen molar-refractivity contribution in [1.82, 2.24) is 0 Å². The van der Waals surface area contributed by atoms with Crippen LogP contribution in [0.15, 0.2) is 42.5 Å². The van der Waals surface area contributed by atoms with Crippen LogP contribution in [-0.2, 0) is 0 Å². The molecule has 2 aromatic carbocycles. The summed E-state index contributed by atoms with van der Waals surface area (Å²) in [6.45, 7) is 1.46. The topological polar surface area (TPSA) is 46.2 Å². The highest BCUT2D eigenvalue weighted by Crippen LogP contribution is 2.19. The predicted molar refractivity (Wildman–Crippen MR) is 75.8 cm³/mol. The first-order chi connectivity index (χ1) is 9.47. The second-order valence-electron chi connectivity index (χ2n) is 4.21. The van der Waals surface area contributed by atoms with Gasteiger partial charge in [0.05, 0.1) is 10.6 Å². The molecule has 20 heavy (non-hydrogen) atoms. The van der Waals surface area contributed by atoms with E-state index < -0.39 is 11.7 Å². The van der Waals surface area contributed by atoms with Gasteiger partial charge in [0.15, 0.2) is 5.78 Å². The Morgan fingerprint density at radius 3 is 2.30 bits per heavy atom. The lowest BCUT2D eigenvalue weighted by molar-refractivity contribution is 0.101. The Morgan fingerprint density at radius 2 is 1.75 bits per heavy atom. The molecule has 3 nitrogen and oxygen atoms in total. The van der Waals surface area contributed by atoms with E-state index in [1.54, 1.807) is 24.3 Å². The Morgan fingerprint density at radius 1 is 1.10 bits per heavy atom. The lowest BCUT2D eigenvalue weighted by Gasteiger charge is -2.07. The highest BCUT2D eigenvalue weighted by Gasteiger charge is 2.11. The molecule has 0 heterocycles. The standard InChI is InChI=1S/C15H11ClFNO2/c1-9(19)10-2-5-12(6-3-10)18-15(20)13-7-4-11(17)8-14(13)16/h2-8H,1H3,(H,18,20). The van der Waals surface area contributed by atoms with E-state index in [-0.39, 0.29) is 16.4 Å². The molecule has 0 unspecified atom stereocenters.